The van der Waals surface area contributed by atoms with Crippen molar-refractivity contribution >= 4 is 5.91 Å². The van der Waals surface area contributed by atoms with Crippen LogP contribution in [0.5, 0.6) is 0 Å². The summed E-state index contributed by atoms with van der Waals surface area (Å²) in [4.78, 5) is 14.2. The van der Waals surface area contributed by atoms with E-state index in [1.807, 2.05) is 6.92 Å². The number of carbonyl (C=O) groups is 1. The highest BCUT2D eigenvalue weighted by atomic mass is 16.2. The molecule has 3 heteroatoms. The lowest BCUT2D eigenvalue weighted by atomic mass is 10.1. The van der Waals surface area contributed by atoms with Crippen molar-refractivity contribution in [1.82, 2.24) is 4.90 Å². The minimum atomic E-state index is 0.0920. The zero-order chi connectivity index (χ0) is 11.4. The Balaban J connectivity index is 2.50. The SMILES string of the molecule is CC(C)CN(C(=O)C(C)CCN)C1CC1. The Bertz CT molecular complexity index is 212. The van der Waals surface area contributed by atoms with Gasteiger partial charge in [0.2, 0.25) is 5.91 Å². The summed E-state index contributed by atoms with van der Waals surface area (Å²) < 4.78 is 0. The molecule has 0 aromatic rings. The molecular formula is C12H24N2O. The molecule has 0 radical (unpaired) electrons. The fourth-order valence-electron chi connectivity index (χ4n) is 1.86. The summed E-state index contributed by atoms with van der Waals surface area (Å²) in [6.07, 6.45) is 3.18. The number of hydrogen-bond donors (Lipinski definition) is 1. The molecule has 2 N–H and O–H groups in total. The molecule has 15 heavy (non-hydrogen) atoms. The average Bonchev–Trinajstić information content (AvgIpc) is 2.96. The second kappa shape index (κ2) is 5.50. The Labute approximate surface area is 93.0 Å². The fraction of sp³-hybridized carbons (Fsp3) is 0.917. The van der Waals surface area contributed by atoms with E-state index >= 15 is 0 Å². The molecule has 1 amide bonds. The molecule has 1 atom stereocenters. The molecule has 1 unspecified atom stereocenters. The van der Waals surface area contributed by atoms with Crippen molar-refractivity contribution in [2.45, 2.75) is 46.1 Å². The van der Waals surface area contributed by atoms with Gasteiger partial charge in [0, 0.05) is 18.5 Å². The lowest BCUT2D eigenvalue weighted by Crippen LogP contribution is -2.39. The number of rotatable bonds is 6. The summed E-state index contributed by atoms with van der Waals surface area (Å²) in [6, 6.07) is 0.528. The van der Waals surface area contributed by atoms with Gasteiger partial charge in [-0.2, -0.15) is 0 Å². The molecule has 0 aromatic carbocycles. The van der Waals surface area contributed by atoms with E-state index in [1.165, 1.54) is 12.8 Å². The van der Waals surface area contributed by atoms with Crippen LogP contribution in [-0.4, -0.2) is 29.9 Å². The van der Waals surface area contributed by atoms with Crippen molar-refractivity contribution in [2.75, 3.05) is 13.1 Å². The van der Waals surface area contributed by atoms with Crippen LogP contribution in [0.2, 0.25) is 0 Å². The summed E-state index contributed by atoms with van der Waals surface area (Å²) >= 11 is 0. The first kappa shape index (κ1) is 12.5. The van der Waals surface area contributed by atoms with Crippen LogP contribution >= 0.6 is 0 Å². The third-order valence-corrected chi connectivity index (χ3v) is 2.85. The minimum absolute atomic E-state index is 0.0920. The van der Waals surface area contributed by atoms with Gasteiger partial charge in [0.05, 0.1) is 0 Å². The van der Waals surface area contributed by atoms with E-state index in [0.717, 1.165) is 13.0 Å². The third-order valence-electron chi connectivity index (χ3n) is 2.85. The quantitative estimate of drug-likeness (QED) is 0.727. The van der Waals surface area contributed by atoms with E-state index in [2.05, 4.69) is 18.7 Å². The Morgan fingerprint density at radius 1 is 1.40 bits per heavy atom. The number of nitrogens with two attached hydrogens (primary N) is 1. The summed E-state index contributed by atoms with van der Waals surface area (Å²) in [5.41, 5.74) is 5.49. The van der Waals surface area contributed by atoms with Gasteiger partial charge >= 0.3 is 0 Å². The van der Waals surface area contributed by atoms with Crippen molar-refractivity contribution in [1.29, 1.82) is 0 Å². The molecule has 0 aliphatic heterocycles. The molecule has 0 heterocycles. The highest BCUT2D eigenvalue weighted by Crippen LogP contribution is 2.29. The molecule has 1 saturated carbocycles. The van der Waals surface area contributed by atoms with Crippen molar-refractivity contribution < 1.29 is 4.79 Å². The fourth-order valence-corrected chi connectivity index (χ4v) is 1.86. The van der Waals surface area contributed by atoms with Crippen LogP contribution in [-0.2, 0) is 4.79 Å². The maximum Gasteiger partial charge on any atom is 0.225 e. The zero-order valence-electron chi connectivity index (χ0n) is 10.2. The van der Waals surface area contributed by atoms with Crippen LogP contribution in [0.3, 0.4) is 0 Å². The molecular weight excluding hydrogens is 188 g/mol. The standard InChI is InChI=1S/C12H24N2O/c1-9(2)8-14(11-4-5-11)12(15)10(3)6-7-13/h9-11H,4-8,13H2,1-3H3. The molecule has 88 valence electrons. The topological polar surface area (TPSA) is 46.3 Å². The van der Waals surface area contributed by atoms with Crippen LogP contribution in [0.1, 0.15) is 40.0 Å². The molecule has 1 rings (SSSR count). The summed E-state index contributed by atoms with van der Waals surface area (Å²) in [5, 5.41) is 0. The van der Waals surface area contributed by atoms with Gasteiger partial charge in [-0.1, -0.05) is 20.8 Å². The van der Waals surface area contributed by atoms with E-state index < -0.39 is 0 Å². The molecule has 0 aromatic heterocycles. The van der Waals surface area contributed by atoms with Crippen molar-refractivity contribution in [3.8, 4) is 0 Å². The van der Waals surface area contributed by atoms with Gasteiger partial charge < -0.3 is 10.6 Å². The van der Waals surface area contributed by atoms with Gasteiger partial charge in [-0.05, 0) is 31.7 Å². The normalized spacial score (nSPS) is 17.9. The van der Waals surface area contributed by atoms with Crippen LogP contribution in [0, 0.1) is 11.8 Å². The Morgan fingerprint density at radius 2 is 2.00 bits per heavy atom. The van der Waals surface area contributed by atoms with E-state index in [4.69, 9.17) is 5.73 Å². The molecule has 1 aliphatic carbocycles. The van der Waals surface area contributed by atoms with Crippen molar-refractivity contribution in [3.05, 3.63) is 0 Å². The highest BCUT2D eigenvalue weighted by Gasteiger charge is 2.34. The largest absolute Gasteiger partial charge is 0.339 e. The summed E-state index contributed by atoms with van der Waals surface area (Å²) in [5.74, 6) is 0.950. The van der Waals surface area contributed by atoms with Crippen molar-refractivity contribution in [3.63, 3.8) is 0 Å². The maximum absolute atomic E-state index is 12.1. The van der Waals surface area contributed by atoms with Crippen LogP contribution in [0.4, 0.5) is 0 Å². The van der Waals surface area contributed by atoms with Gasteiger partial charge in [-0.15, -0.1) is 0 Å². The Hall–Kier alpha value is -0.570. The first-order valence-corrected chi connectivity index (χ1v) is 6.06. The molecule has 3 nitrogen and oxygen atoms in total. The molecule has 0 bridgehead atoms. The second-order valence-electron chi connectivity index (χ2n) is 5.09. The van der Waals surface area contributed by atoms with Crippen LogP contribution in [0.15, 0.2) is 0 Å². The smallest absolute Gasteiger partial charge is 0.225 e. The summed E-state index contributed by atoms with van der Waals surface area (Å²) in [7, 11) is 0. The van der Waals surface area contributed by atoms with E-state index in [1.54, 1.807) is 0 Å². The highest BCUT2D eigenvalue weighted by molar-refractivity contribution is 5.79. The molecule has 0 saturated heterocycles. The average molecular weight is 212 g/mol. The van der Waals surface area contributed by atoms with Crippen LogP contribution < -0.4 is 5.73 Å². The van der Waals surface area contributed by atoms with Gasteiger partial charge in [-0.3, -0.25) is 4.79 Å². The van der Waals surface area contributed by atoms with Gasteiger partial charge in [-0.25, -0.2) is 0 Å². The lowest BCUT2D eigenvalue weighted by molar-refractivity contribution is -0.136. The number of hydrogen-bond acceptors (Lipinski definition) is 2. The monoisotopic (exact) mass is 212 g/mol. The molecule has 0 spiro atoms. The number of nitrogens with zero attached hydrogens (tertiary/aromatic N) is 1. The maximum atomic E-state index is 12.1. The number of amides is 1. The first-order valence-electron chi connectivity index (χ1n) is 6.06. The van der Waals surface area contributed by atoms with Gasteiger partial charge in [0.15, 0.2) is 0 Å². The van der Waals surface area contributed by atoms with Crippen molar-refractivity contribution in [2.24, 2.45) is 17.6 Å². The van der Waals surface area contributed by atoms with E-state index in [0.29, 0.717) is 24.4 Å². The third kappa shape index (κ3) is 3.82. The Morgan fingerprint density at radius 3 is 2.40 bits per heavy atom. The first-order chi connectivity index (χ1) is 7.06. The predicted molar refractivity (Wildman–Crippen MR) is 62.4 cm³/mol. The lowest BCUT2D eigenvalue weighted by Gasteiger charge is -2.27. The van der Waals surface area contributed by atoms with E-state index in [-0.39, 0.29) is 5.92 Å². The summed E-state index contributed by atoms with van der Waals surface area (Å²) in [6.45, 7) is 7.82. The number of carbonyl (C=O) groups excluding carboxylic acids is 1. The van der Waals surface area contributed by atoms with Crippen LogP contribution in [0.25, 0.3) is 0 Å². The van der Waals surface area contributed by atoms with E-state index in [9.17, 15) is 4.79 Å². The van der Waals surface area contributed by atoms with Gasteiger partial charge in [0.1, 0.15) is 0 Å². The van der Waals surface area contributed by atoms with Gasteiger partial charge in [0.25, 0.3) is 0 Å². The Kier molecular flexibility index (Phi) is 4.58. The zero-order valence-corrected chi connectivity index (χ0v) is 10.2. The minimum Gasteiger partial charge on any atom is -0.339 e. The second-order valence-corrected chi connectivity index (χ2v) is 5.09. The molecule has 1 fully saturated rings. The predicted octanol–water partition coefficient (Wildman–Crippen LogP) is 1.62. The molecule has 1 aliphatic rings.